The molecule has 0 aromatic heterocycles. The monoisotopic (exact) mass is 381 g/mol. The lowest BCUT2D eigenvalue weighted by Gasteiger charge is -2.14. The third-order valence-electron chi connectivity index (χ3n) is 3.53. The number of methoxy groups -OCH3 is 4. The molecule has 140 valence electrons. The Labute approximate surface area is 151 Å². The summed E-state index contributed by atoms with van der Waals surface area (Å²) in [4.78, 5) is 11.6. The zero-order chi connectivity index (χ0) is 19.3. The Morgan fingerprint density at radius 2 is 1.46 bits per heavy atom. The molecule has 0 spiro atoms. The van der Waals surface area contributed by atoms with E-state index in [2.05, 4.69) is 9.46 Å². The van der Waals surface area contributed by atoms with Crippen LogP contribution in [0.1, 0.15) is 10.4 Å². The molecular formula is C17H19NO7S. The summed E-state index contributed by atoms with van der Waals surface area (Å²) in [6.45, 7) is 0. The van der Waals surface area contributed by atoms with E-state index in [1.165, 1.54) is 64.8 Å². The first-order valence-corrected chi connectivity index (χ1v) is 8.85. The Morgan fingerprint density at radius 3 is 2.04 bits per heavy atom. The van der Waals surface area contributed by atoms with Crippen LogP contribution in [0.15, 0.2) is 41.3 Å². The molecule has 0 saturated carbocycles. The molecule has 2 aromatic rings. The van der Waals surface area contributed by atoms with Crippen LogP contribution in [0.2, 0.25) is 0 Å². The Hall–Kier alpha value is -2.94. The van der Waals surface area contributed by atoms with Crippen molar-refractivity contribution in [1.29, 1.82) is 0 Å². The molecule has 0 aliphatic carbocycles. The SMILES string of the molecule is COC(=O)c1ccc(OC)c(NS(=O)(=O)c2ccc(OC)c(OC)c2)c1. The van der Waals surface area contributed by atoms with Crippen LogP contribution in [-0.2, 0) is 14.8 Å². The number of rotatable bonds is 7. The van der Waals surface area contributed by atoms with Crippen LogP contribution in [-0.4, -0.2) is 42.8 Å². The van der Waals surface area contributed by atoms with Gasteiger partial charge in [-0.3, -0.25) is 4.72 Å². The molecule has 0 unspecified atom stereocenters. The van der Waals surface area contributed by atoms with Gasteiger partial charge in [-0.15, -0.1) is 0 Å². The predicted octanol–water partition coefficient (Wildman–Crippen LogP) is 2.30. The van der Waals surface area contributed by atoms with E-state index in [1.54, 1.807) is 0 Å². The van der Waals surface area contributed by atoms with Crippen LogP contribution >= 0.6 is 0 Å². The fourth-order valence-electron chi connectivity index (χ4n) is 2.22. The Bertz CT molecular complexity index is 909. The molecular weight excluding hydrogens is 362 g/mol. The average molecular weight is 381 g/mol. The number of hydrogen-bond acceptors (Lipinski definition) is 7. The predicted molar refractivity (Wildman–Crippen MR) is 94.7 cm³/mol. The lowest BCUT2D eigenvalue weighted by molar-refractivity contribution is 0.0600. The van der Waals surface area contributed by atoms with E-state index in [4.69, 9.17) is 14.2 Å². The molecule has 0 fully saturated rings. The molecule has 26 heavy (non-hydrogen) atoms. The minimum atomic E-state index is -3.97. The number of nitrogens with one attached hydrogen (secondary N) is 1. The van der Waals surface area contributed by atoms with Crippen LogP contribution in [0.5, 0.6) is 17.2 Å². The van der Waals surface area contributed by atoms with Crippen molar-refractivity contribution >= 4 is 21.7 Å². The fourth-order valence-corrected chi connectivity index (χ4v) is 3.30. The summed E-state index contributed by atoms with van der Waals surface area (Å²) in [6.07, 6.45) is 0. The van der Waals surface area contributed by atoms with Gasteiger partial charge in [-0.2, -0.15) is 0 Å². The molecule has 2 rings (SSSR count). The molecule has 0 aliphatic rings. The van der Waals surface area contributed by atoms with Crippen LogP contribution in [0.4, 0.5) is 5.69 Å². The van der Waals surface area contributed by atoms with Crippen molar-refractivity contribution in [3.63, 3.8) is 0 Å². The number of carbonyl (C=O) groups excluding carboxylic acids is 1. The second-order valence-electron chi connectivity index (χ2n) is 5.03. The highest BCUT2D eigenvalue weighted by Crippen LogP contribution is 2.32. The summed E-state index contributed by atoms with van der Waals surface area (Å²) in [5, 5.41) is 0. The molecule has 1 N–H and O–H groups in total. The quantitative estimate of drug-likeness (QED) is 0.735. The first-order valence-electron chi connectivity index (χ1n) is 7.37. The van der Waals surface area contributed by atoms with E-state index in [-0.39, 0.29) is 27.6 Å². The van der Waals surface area contributed by atoms with Gasteiger partial charge in [0.05, 0.1) is 44.6 Å². The van der Waals surface area contributed by atoms with E-state index < -0.39 is 16.0 Å². The van der Waals surface area contributed by atoms with Crippen molar-refractivity contribution in [2.75, 3.05) is 33.2 Å². The molecule has 0 heterocycles. The first kappa shape index (κ1) is 19.4. The summed E-state index contributed by atoms with van der Waals surface area (Å²) >= 11 is 0. The molecule has 8 nitrogen and oxygen atoms in total. The van der Waals surface area contributed by atoms with E-state index in [9.17, 15) is 13.2 Å². The largest absolute Gasteiger partial charge is 0.495 e. The van der Waals surface area contributed by atoms with Crippen molar-refractivity contribution in [3.05, 3.63) is 42.0 Å². The highest BCUT2D eigenvalue weighted by atomic mass is 32.2. The molecule has 2 aromatic carbocycles. The summed E-state index contributed by atoms with van der Waals surface area (Å²) in [6, 6.07) is 8.47. The zero-order valence-corrected chi connectivity index (χ0v) is 15.5. The average Bonchev–Trinajstić information content (AvgIpc) is 2.66. The highest BCUT2D eigenvalue weighted by Gasteiger charge is 2.20. The number of esters is 1. The maximum Gasteiger partial charge on any atom is 0.337 e. The number of sulfonamides is 1. The second-order valence-corrected chi connectivity index (χ2v) is 6.71. The third-order valence-corrected chi connectivity index (χ3v) is 4.89. The van der Waals surface area contributed by atoms with Gasteiger partial charge in [0.2, 0.25) is 0 Å². The van der Waals surface area contributed by atoms with Crippen molar-refractivity contribution in [2.45, 2.75) is 4.90 Å². The summed E-state index contributed by atoms with van der Waals surface area (Å²) in [5.41, 5.74) is 0.281. The van der Waals surface area contributed by atoms with Gasteiger partial charge in [-0.25, -0.2) is 13.2 Å². The lowest BCUT2D eigenvalue weighted by atomic mass is 10.2. The minimum Gasteiger partial charge on any atom is -0.495 e. The van der Waals surface area contributed by atoms with Crippen molar-refractivity contribution in [2.24, 2.45) is 0 Å². The molecule has 0 atom stereocenters. The van der Waals surface area contributed by atoms with Gasteiger partial charge in [-0.1, -0.05) is 0 Å². The molecule has 0 saturated heterocycles. The molecule has 9 heteroatoms. The summed E-state index contributed by atoms with van der Waals surface area (Å²) in [5.74, 6) is 0.322. The summed E-state index contributed by atoms with van der Waals surface area (Å²) in [7, 11) is 1.52. The number of carbonyl (C=O) groups is 1. The summed E-state index contributed by atoms with van der Waals surface area (Å²) < 4.78 is 47.9. The maximum atomic E-state index is 12.7. The number of anilines is 1. The van der Waals surface area contributed by atoms with Gasteiger partial charge in [0.1, 0.15) is 5.75 Å². The van der Waals surface area contributed by atoms with Gasteiger partial charge in [0.15, 0.2) is 11.5 Å². The van der Waals surface area contributed by atoms with Crippen molar-refractivity contribution < 1.29 is 32.2 Å². The third kappa shape index (κ3) is 3.99. The maximum absolute atomic E-state index is 12.7. The van der Waals surface area contributed by atoms with Gasteiger partial charge in [0, 0.05) is 6.07 Å². The van der Waals surface area contributed by atoms with Crippen molar-refractivity contribution in [3.8, 4) is 17.2 Å². The van der Waals surface area contributed by atoms with E-state index in [0.29, 0.717) is 5.75 Å². The van der Waals surface area contributed by atoms with Crippen LogP contribution in [0.3, 0.4) is 0 Å². The minimum absolute atomic E-state index is 0.0410. The zero-order valence-electron chi connectivity index (χ0n) is 14.7. The van der Waals surface area contributed by atoms with Gasteiger partial charge in [-0.05, 0) is 30.3 Å². The number of benzene rings is 2. The van der Waals surface area contributed by atoms with Crippen LogP contribution < -0.4 is 18.9 Å². The Balaban J connectivity index is 2.44. The lowest BCUT2D eigenvalue weighted by Crippen LogP contribution is -2.14. The van der Waals surface area contributed by atoms with E-state index in [1.807, 2.05) is 0 Å². The topological polar surface area (TPSA) is 100 Å². The standard InChI is InChI=1S/C17H19NO7S/c1-22-14-7-5-11(17(19)25-4)9-13(14)18-26(20,21)12-6-8-15(23-2)16(10-12)24-3/h5-10,18H,1-4H3. The molecule has 0 aliphatic heterocycles. The van der Waals surface area contributed by atoms with Crippen molar-refractivity contribution in [1.82, 2.24) is 0 Å². The molecule has 0 bridgehead atoms. The Morgan fingerprint density at radius 1 is 0.846 bits per heavy atom. The Kier molecular flexibility index (Phi) is 5.93. The van der Waals surface area contributed by atoms with Gasteiger partial charge < -0.3 is 18.9 Å². The smallest absolute Gasteiger partial charge is 0.337 e. The van der Waals surface area contributed by atoms with E-state index in [0.717, 1.165) is 0 Å². The number of hydrogen-bond donors (Lipinski definition) is 1. The van der Waals surface area contributed by atoms with Crippen LogP contribution in [0.25, 0.3) is 0 Å². The second kappa shape index (κ2) is 7.96. The fraction of sp³-hybridized carbons (Fsp3) is 0.235. The molecule has 0 radical (unpaired) electrons. The van der Waals surface area contributed by atoms with Crippen LogP contribution in [0, 0.1) is 0 Å². The normalized spacial score (nSPS) is 10.8. The number of ether oxygens (including phenoxy) is 4. The first-order chi connectivity index (χ1) is 12.4. The van der Waals surface area contributed by atoms with Gasteiger partial charge >= 0.3 is 5.97 Å². The van der Waals surface area contributed by atoms with Gasteiger partial charge in [0.25, 0.3) is 10.0 Å². The van der Waals surface area contributed by atoms with E-state index >= 15 is 0 Å². The molecule has 0 amide bonds. The highest BCUT2D eigenvalue weighted by molar-refractivity contribution is 7.92.